The molecular weight excluding hydrogens is 797 g/mol. The molecule has 0 aliphatic rings. The summed E-state index contributed by atoms with van der Waals surface area (Å²) in [5.74, 6) is 3.05. The Morgan fingerprint density at radius 2 is 0.891 bits per heavy atom. The number of pyridine rings is 2. The van der Waals surface area contributed by atoms with Crippen LogP contribution in [0.4, 0.5) is 11.6 Å². The van der Waals surface area contributed by atoms with Crippen LogP contribution >= 0.6 is 0 Å². The molecule has 4 aromatic carbocycles. The fourth-order valence-corrected chi connectivity index (χ4v) is 8.59. The van der Waals surface area contributed by atoms with Gasteiger partial charge in [0.1, 0.15) is 22.7 Å². The maximum Gasteiger partial charge on any atom is 0.220 e. The van der Waals surface area contributed by atoms with Gasteiger partial charge in [0.2, 0.25) is 11.8 Å². The van der Waals surface area contributed by atoms with Crippen molar-refractivity contribution in [1.82, 2.24) is 39.7 Å². The van der Waals surface area contributed by atoms with Crippen LogP contribution in [-0.2, 0) is 48.6 Å². The second kappa shape index (κ2) is 20.6. The number of anilines is 2. The van der Waals surface area contributed by atoms with Crippen molar-refractivity contribution in [2.45, 2.75) is 117 Å². The number of nitrogens with two attached hydrogens (primary N) is 2. The molecule has 330 valence electrons. The van der Waals surface area contributed by atoms with Crippen LogP contribution in [0.15, 0.2) is 97.1 Å². The highest BCUT2D eigenvalue weighted by molar-refractivity contribution is 6.07. The van der Waals surface area contributed by atoms with Crippen molar-refractivity contribution in [3.05, 3.63) is 131 Å². The summed E-state index contributed by atoms with van der Waals surface area (Å²) >= 11 is 0. The molecule has 0 aliphatic heterocycles. The lowest BCUT2D eigenvalue weighted by Gasteiger charge is -2.12. The molecule has 4 aromatic heterocycles. The second-order valence-electron chi connectivity index (χ2n) is 17.0. The van der Waals surface area contributed by atoms with Crippen LogP contribution in [-0.4, -0.2) is 40.9 Å². The van der Waals surface area contributed by atoms with Crippen LogP contribution in [0.2, 0.25) is 0 Å². The average Bonchev–Trinajstić information content (AvgIpc) is 3.87. The standard InChI is InChI=1S/C52H60N10O2/c1-3-5-19-43-59-47-49(39-15-11-13-17-41(39)57-51(47)53)61(43)33-37-27-23-35(24-28-37)31-55-45(63)21-9-7-8-10-22-46(64)56-32-36-25-29-38(30-26-36)34-62-44(20-6-4-2)60-48-50(62)40-16-12-14-18-42(40)58-52(48)54/h11-18,23-30H,3-10,19-22,31-34H2,1-2H3,(H2,53,57)(H2,54,58)(H,55,63)(H,56,64). The van der Waals surface area contributed by atoms with Gasteiger partial charge in [0.05, 0.1) is 22.1 Å². The van der Waals surface area contributed by atoms with Gasteiger partial charge in [-0.1, -0.05) is 124 Å². The number of unbranched alkanes of at least 4 members (excludes halogenated alkanes) is 5. The quantitative estimate of drug-likeness (QED) is 0.0518. The molecule has 12 nitrogen and oxygen atoms in total. The lowest BCUT2D eigenvalue weighted by Crippen LogP contribution is -2.22. The number of hydrogen-bond donors (Lipinski definition) is 4. The minimum absolute atomic E-state index is 0.0437. The van der Waals surface area contributed by atoms with Gasteiger partial charge in [-0.25, -0.2) is 19.9 Å². The van der Waals surface area contributed by atoms with Crippen LogP contribution in [0, 0.1) is 0 Å². The van der Waals surface area contributed by atoms with Gasteiger partial charge in [-0.3, -0.25) is 9.59 Å². The van der Waals surface area contributed by atoms with Gasteiger partial charge in [0, 0.05) is 62.6 Å². The van der Waals surface area contributed by atoms with E-state index in [1.54, 1.807) is 0 Å². The maximum atomic E-state index is 12.7. The van der Waals surface area contributed by atoms with E-state index in [-0.39, 0.29) is 11.8 Å². The summed E-state index contributed by atoms with van der Waals surface area (Å²) in [6.07, 6.45) is 10.3. The lowest BCUT2D eigenvalue weighted by atomic mass is 10.1. The summed E-state index contributed by atoms with van der Waals surface area (Å²) in [7, 11) is 0. The zero-order valence-corrected chi connectivity index (χ0v) is 37.2. The van der Waals surface area contributed by atoms with Gasteiger partial charge in [0.15, 0.2) is 11.6 Å². The molecular formula is C52H60N10O2. The largest absolute Gasteiger partial charge is 0.382 e. The van der Waals surface area contributed by atoms with E-state index in [1.165, 1.54) is 0 Å². The maximum absolute atomic E-state index is 12.7. The number of nitrogens with zero attached hydrogens (tertiary/aromatic N) is 6. The SMILES string of the molecule is CCCCc1nc2c(N)nc3ccccc3c2n1Cc1ccc(CNC(=O)CCCCCCC(=O)NCc2ccc(Cn3c(CCCC)nc4c(N)nc5ccccc5c43)cc2)cc1. The summed E-state index contributed by atoms with van der Waals surface area (Å²) < 4.78 is 4.58. The normalized spacial score (nSPS) is 11.6. The Morgan fingerprint density at radius 1 is 0.500 bits per heavy atom. The molecule has 0 saturated carbocycles. The fraction of sp³-hybridized carbons (Fsp3) is 0.346. The molecule has 2 amide bonds. The Labute approximate surface area is 374 Å². The minimum atomic E-state index is 0.0437. The third kappa shape index (κ3) is 10.2. The van der Waals surface area contributed by atoms with Crippen molar-refractivity contribution in [2.24, 2.45) is 0 Å². The molecule has 0 fully saturated rings. The van der Waals surface area contributed by atoms with Crippen LogP contribution in [0.5, 0.6) is 0 Å². The molecule has 0 saturated heterocycles. The smallest absolute Gasteiger partial charge is 0.220 e. The molecule has 0 bridgehead atoms. The first-order valence-electron chi connectivity index (χ1n) is 23.0. The fourth-order valence-electron chi connectivity index (χ4n) is 8.59. The highest BCUT2D eigenvalue weighted by atomic mass is 16.2. The molecule has 0 spiro atoms. The first-order chi connectivity index (χ1) is 31.3. The van der Waals surface area contributed by atoms with Crippen molar-refractivity contribution in [2.75, 3.05) is 11.5 Å². The molecule has 0 unspecified atom stereocenters. The molecule has 0 atom stereocenters. The van der Waals surface area contributed by atoms with E-state index in [0.717, 1.165) is 142 Å². The number of hydrogen-bond acceptors (Lipinski definition) is 8. The van der Waals surface area contributed by atoms with Crippen molar-refractivity contribution < 1.29 is 9.59 Å². The summed E-state index contributed by atoms with van der Waals surface area (Å²) in [5.41, 5.74) is 22.5. The van der Waals surface area contributed by atoms with Gasteiger partial charge < -0.3 is 31.2 Å². The van der Waals surface area contributed by atoms with Gasteiger partial charge in [-0.15, -0.1) is 0 Å². The minimum Gasteiger partial charge on any atom is -0.382 e. The summed E-state index contributed by atoms with van der Waals surface area (Å²) in [5, 5.41) is 8.25. The Bertz CT molecular complexity index is 2680. The predicted molar refractivity (Wildman–Crippen MR) is 259 cm³/mol. The van der Waals surface area contributed by atoms with Gasteiger partial charge in [0.25, 0.3) is 0 Å². The van der Waals surface area contributed by atoms with E-state index in [4.69, 9.17) is 21.4 Å². The van der Waals surface area contributed by atoms with E-state index < -0.39 is 0 Å². The van der Waals surface area contributed by atoms with Crippen LogP contribution in [0.1, 0.15) is 112 Å². The third-order valence-electron chi connectivity index (χ3n) is 12.2. The second-order valence-corrected chi connectivity index (χ2v) is 17.0. The molecule has 0 aliphatic carbocycles. The first-order valence-corrected chi connectivity index (χ1v) is 23.0. The molecule has 4 heterocycles. The number of imidazole rings is 2. The van der Waals surface area contributed by atoms with E-state index in [9.17, 15) is 9.59 Å². The van der Waals surface area contributed by atoms with E-state index in [0.29, 0.717) is 50.7 Å². The van der Waals surface area contributed by atoms with Crippen LogP contribution in [0.3, 0.4) is 0 Å². The number of carbonyl (C=O) groups is 2. The lowest BCUT2D eigenvalue weighted by molar-refractivity contribution is -0.122. The zero-order valence-electron chi connectivity index (χ0n) is 37.2. The van der Waals surface area contributed by atoms with Crippen molar-refractivity contribution >= 4 is 67.3 Å². The monoisotopic (exact) mass is 856 g/mol. The molecule has 64 heavy (non-hydrogen) atoms. The number of fused-ring (bicyclic) bond motifs is 6. The topological polar surface area (TPSA) is 172 Å². The molecule has 0 radical (unpaired) electrons. The Hall–Kier alpha value is -6.82. The molecule has 8 aromatic rings. The Morgan fingerprint density at radius 3 is 1.30 bits per heavy atom. The number of rotatable bonds is 21. The number of nitrogens with one attached hydrogen (secondary N) is 2. The van der Waals surface area contributed by atoms with Crippen molar-refractivity contribution in [3.63, 3.8) is 0 Å². The van der Waals surface area contributed by atoms with Crippen molar-refractivity contribution in [1.29, 1.82) is 0 Å². The highest BCUT2D eigenvalue weighted by Crippen LogP contribution is 2.32. The van der Waals surface area contributed by atoms with Gasteiger partial charge in [-0.2, -0.15) is 0 Å². The number of aryl methyl sites for hydroxylation is 2. The zero-order chi connectivity index (χ0) is 44.4. The Balaban J connectivity index is 0.748. The van der Waals surface area contributed by atoms with Crippen LogP contribution < -0.4 is 22.1 Å². The number of benzene rings is 4. The number of carbonyl (C=O) groups excluding carboxylic acids is 2. The first kappa shape index (κ1) is 43.8. The Kier molecular flexibility index (Phi) is 14.1. The number of amides is 2. The third-order valence-corrected chi connectivity index (χ3v) is 12.2. The van der Waals surface area contributed by atoms with E-state index in [1.807, 2.05) is 36.4 Å². The van der Waals surface area contributed by atoms with Gasteiger partial charge >= 0.3 is 0 Å². The highest BCUT2D eigenvalue weighted by Gasteiger charge is 2.19. The van der Waals surface area contributed by atoms with Crippen LogP contribution in [0.25, 0.3) is 43.9 Å². The molecule has 12 heteroatoms. The number of para-hydroxylation sites is 2. The van der Waals surface area contributed by atoms with Gasteiger partial charge in [-0.05, 0) is 60.1 Å². The summed E-state index contributed by atoms with van der Waals surface area (Å²) in [4.78, 5) is 44.5. The molecule has 6 N–H and O–H groups in total. The molecule has 8 rings (SSSR count). The predicted octanol–water partition coefficient (Wildman–Crippen LogP) is 9.70. The van der Waals surface area contributed by atoms with E-state index in [2.05, 4.69) is 104 Å². The van der Waals surface area contributed by atoms with E-state index >= 15 is 0 Å². The summed E-state index contributed by atoms with van der Waals surface area (Å²) in [6, 6.07) is 33.0. The number of aromatic nitrogens is 6. The summed E-state index contributed by atoms with van der Waals surface area (Å²) in [6.45, 7) is 6.69. The van der Waals surface area contributed by atoms with Crippen molar-refractivity contribution in [3.8, 4) is 0 Å². The number of nitrogen functional groups attached to an aromatic ring is 2. The average molecular weight is 857 g/mol.